The predicted molar refractivity (Wildman–Crippen MR) is 111 cm³/mol. The third-order valence-corrected chi connectivity index (χ3v) is 5.55. The molecule has 0 spiro atoms. The fourth-order valence-electron chi connectivity index (χ4n) is 3.88. The highest BCUT2D eigenvalue weighted by Gasteiger charge is 2.26. The van der Waals surface area contributed by atoms with Gasteiger partial charge in [0.05, 0.1) is 23.7 Å². The van der Waals surface area contributed by atoms with Crippen molar-refractivity contribution in [1.82, 2.24) is 19.6 Å². The third-order valence-electron chi connectivity index (χ3n) is 5.55. The molecule has 0 amide bonds. The van der Waals surface area contributed by atoms with Gasteiger partial charge in [-0.25, -0.2) is 9.37 Å². The number of alkyl halides is 1. The fraction of sp³-hybridized carbons (Fsp3) is 0.261. The topological polar surface area (TPSA) is 72.5 Å². The van der Waals surface area contributed by atoms with Gasteiger partial charge in [0.1, 0.15) is 18.0 Å². The number of imidazole rings is 1. The van der Waals surface area contributed by atoms with Crippen molar-refractivity contribution in [1.29, 1.82) is 0 Å². The molecule has 1 aromatic carbocycles. The summed E-state index contributed by atoms with van der Waals surface area (Å²) in [6.07, 6.45) is 7.16. The highest BCUT2D eigenvalue weighted by molar-refractivity contribution is 5.74. The second kappa shape index (κ2) is 7.74. The number of pyridine rings is 1. The van der Waals surface area contributed by atoms with Gasteiger partial charge in [0, 0.05) is 17.8 Å². The first kappa shape index (κ1) is 18.5. The van der Waals surface area contributed by atoms with Crippen LogP contribution in [0.1, 0.15) is 25.7 Å². The Kier molecular flexibility index (Phi) is 4.78. The molecule has 3 heterocycles. The molecule has 0 saturated heterocycles. The molecule has 0 unspecified atom stereocenters. The summed E-state index contributed by atoms with van der Waals surface area (Å²) >= 11 is 0. The Morgan fingerprint density at radius 2 is 1.87 bits per heavy atom. The van der Waals surface area contributed by atoms with Gasteiger partial charge in [-0.15, -0.1) is 10.2 Å². The van der Waals surface area contributed by atoms with E-state index in [2.05, 4.69) is 15.2 Å². The average Bonchev–Trinajstić information content (AvgIpc) is 3.24. The van der Waals surface area contributed by atoms with Gasteiger partial charge in [-0.3, -0.25) is 0 Å². The molecule has 30 heavy (non-hydrogen) atoms. The molecule has 0 bridgehead atoms. The number of hydrogen-bond acceptors (Lipinski definition) is 5. The van der Waals surface area contributed by atoms with Crippen molar-refractivity contribution in [2.75, 3.05) is 0 Å². The lowest BCUT2D eigenvalue weighted by atomic mass is 9.96. The summed E-state index contributed by atoms with van der Waals surface area (Å²) < 4.78 is 21.6. The van der Waals surface area contributed by atoms with Crippen LogP contribution in [0.15, 0.2) is 61.2 Å². The highest BCUT2D eigenvalue weighted by Crippen LogP contribution is 2.33. The van der Waals surface area contributed by atoms with Gasteiger partial charge < -0.3 is 14.2 Å². The van der Waals surface area contributed by atoms with Crippen molar-refractivity contribution in [3.63, 3.8) is 0 Å². The Morgan fingerprint density at radius 1 is 1.00 bits per heavy atom. The van der Waals surface area contributed by atoms with Crippen molar-refractivity contribution in [2.24, 2.45) is 0 Å². The number of hydrogen-bond donors (Lipinski definition) is 1. The number of halogens is 1. The van der Waals surface area contributed by atoms with E-state index in [9.17, 15) is 9.50 Å². The summed E-state index contributed by atoms with van der Waals surface area (Å²) in [7, 11) is 0. The first-order valence-corrected chi connectivity index (χ1v) is 10.1. The van der Waals surface area contributed by atoms with E-state index in [1.807, 2.05) is 34.9 Å². The number of benzene rings is 1. The van der Waals surface area contributed by atoms with E-state index in [1.165, 1.54) is 0 Å². The number of aromatic hydroxyl groups is 1. The molecule has 152 valence electrons. The van der Waals surface area contributed by atoms with E-state index < -0.39 is 12.3 Å². The normalized spacial score (nSPS) is 19.1. The van der Waals surface area contributed by atoms with Crippen LogP contribution >= 0.6 is 0 Å². The van der Waals surface area contributed by atoms with Gasteiger partial charge >= 0.3 is 0 Å². The monoisotopic (exact) mass is 404 g/mol. The molecule has 2 atom stereocenters. The van der Waals surface area contributed by atoms with E-state index in [0.717, 1.165) is 29.5 Å². The van der Waals surface area contributed by atoms with E-state index in [0.29, 0.717) is 30.0 Å². The van der Waals surface area contributed by atoms with E-state index >= 15 is 0 Å². The molecule has 4 aromatic rings. The van der Waals surface area contributed by atoms with Gasteiger partial charge in [-0.1, -0.05) is 18.6 Å². The Bertz CT molecular complexity index is 1180. The second-order valence-electron chi connectivity index (χ2n) is 7.59. The summed E-state index contributed by atoms with van der Waals surface area (Å²) in [4.78, 5) is 4.12. The van der Waals surface area contributed by atoms with Crippen molar-refractivity contribution < 1.29 is 14.2 Å². The molecule has 6 nitrogen and oxygen atoms in total. The Labute approximate surface area is 173 Å². The van der Waals surface area contributed by atoms with Crippen LogP contribution in [-0.2, 0) is 0 Å². The third kappa shape index (κ3) is 3.58. The van der Waals surface area contributed by atoms with Crippen molar-refractivity contribution in [3.8, 4) is 34.0 Å². The van der Waals surface area contributed by atoms with Crippen LogP contribution in [0.4, 0.5) is 4.39 Å². The molecule has 0 radical (unpaired) electrons. The maximum absolute atomic E-state index is 14.0. The van der Waals surface area contributed by atoms with Gasteiger partial charge in [-0.05, 0) is 54.7 Å². The molecule has 3 aromatic heterocycles. The predicted octanol–water partition coefficient (Wildman–Crippen LogP) is 4.82. The second-order valence-corrected chi connectivity index (χ2v) is 7.59. The minimum atomic E-state index is -0.960. The number of phenolic OH excluding ortho intramolecular Hbond substituents is 1. The first-order valence-electron chi connectivity index (χ1n) is 10.1. The Morgan fingerprint density at radius 3 is 2.67 bits per heavy atom. The molecule has 1 N–H and O–H groups in total. The minimum absolute atomic E-state index is 0.109. The molecule has 1 saturated carbocycles. The zero-order valence-corrected chi connectivity index (χ0v) is 16.3. The maximum Gasteiger partial charge on any atom is 0.233 e. The number of phenols is 1. The zero-order valence-electron chi connectivity index (χ0n) is 16.3. The summed E-state index contributed by atoms with van der Waals surface area (Å²) in [6.45, 7) is 0. The summed E-state index contributed by atoms with van der Waals surface area (Å²) in [5.74, 6) is 0.412. The molecule has 1 aliphatic rings. The molecule has 7 heteroatoms. The molecule has 1 aliphatic carbocycles. The van der Waals surface area contributed by atoms with E-state index in [4.69, 9.17) is 4.74 Å². The van der Waals surface area contributed by atoms with Crippen LogP contribution in [0.3, 0.4) is 0 Å². The summed E-state index contributed by atoms with van der Waals surface area (Å²) in [6, 6.07) is 12.8. The van der Waals surface area contributed by atoms with Gasteiger partial charge in [0.2, 0.25) is 5.88 Å². The number of rotatable bonds is 4. The van der Waals surface area contributed by atoms with Crippen LogP contribution in [0.5, 0.6) is 11.6 Å². The fourth-order valence-corrected chi connectivity index (χ4v) is 3.88. The SMILES string of the molecule is Oc1cc(-c2ccc3cncn3c2)ccc1-c1ccc(O[C@@H]2CCCC[C@@H]2F)nn1. The largest absolute Gasteiger partial charge is 0.507 e. The number of aromatic nitrogens is 4. The van der Waals surface area contributed by atoms with Gasteiger partial charge in [0.15, 0.2) is 0 Å². The van der Waals surface area contributed by atoms with Crippen LogP contribution < -0.4 is 4.74 Å². The van der Waals surface area contributed by atoms with E-state index in [1.54, 1.807) is 30.7 Å². The quantitative estimate of drug-likeness (QED) is 0.528. The number of nitrogens with zero attached hydrogens (tertiary/aromatic N) is 4. The molecule has 0 aliphatic heterocycles. The smallest absolute Gasteiger partial charge is 0.233 e. The summed E-state index contributed by atoms with van der Waals surface area (Å²) in [5.41, 5.74) is 3.94. The minimum Gasteiger partial charge on any atom is -0.507 e. The lowest BCUT2D eigenvalue weighted by molar-refractivity contribution is 0.0594. The Hall–Kier alpha value is -3.48. The van der Waals surface area contributed by atoms with Gasteiger partial charge in [0.25, 0.3) is 0 Å². The highest BCUT2D eigenvalue weighted by atomic mass is 19.1. The zero-order chi connectivity index (χ0) is 20.5. The lowest BCUT2D eigenvalue weighted by Crippen LogP contribution is -2.32. The average molecular weight is 404 g/mol. The van der Waals surface area contributed by atoms with Crippen LogP contribution in [0.2, 0.25) is 0 Å². The van der Waals surface area contributed by atoms with Crippen LogP contribution in [0, 0.1) is 0 Å². The van der Waals surface area contributed by atoms with Crippen LogP contribution in [0.25, 0.3) is 27.9 Å². The van der Waals surface area contributed by atoms with E-state index in [-0.39, 0.29) is 5.75 Å². The van der Waals surface area contributed by atoms with Crippen molar-refractivity contribution in [3.05, 3.63) is 61.2 Å². The van der Waals surface area contributed by atoms with Crippen molar-refractivity contribution in [2.45, 2.75) is 38.0 Å². The molecular weight excluding hydrogens is 383 g/mol. The van der Waals surface area contributed by atoms with Gasteiger partial charge in [-0.2, -0.15) is 0 Å². The first-order chi connectivity index (χ1) is 14.7. The number of fused-ring (bicyclic) bond motifs is 1. The van der Waals surface area contributed by atoms with Crippen LogP contribution in [-0.4, -0.2) is 37.0 Å². The molecular formula is C23H21FN4O2. The summed E-state index contributed by atoms with van der Waals surface area (Å²) in [5, 5.41) is 18.8. The lowest BCUT2D eigenvalue weighted by Gasteiger charge is -2.25. The Balaban J connectivity index is 1.36. The number of ether oxygens (including phenoxy) is 1. The standard InChI is InChI=1S/C23H21FN4O2/c24-19-3-1-2-4-22(19)30-23-10-9-20(26-27-23)18-8-6-15(11-21(18)29)16-5-7-17-12-25-14-28(17)13-16/h5-14,19,22,29H,1-4H2/t19-,22+/m0/s1. The molecule has 5 rings (SSSR count). The molecule has 1 fully saturated rings. The maximum atomic E-state index is 14.0. The van der Waals surface area contributed by atoms with Crippen molar-refractivity contribution >= 4 is 5.52 Å².